The molecule has 1 fully saturated rings. The van der Waals surface area contributed by atoms with E-state index >= 15 is 0 Å². The van der Waals surface area contributed by atoms with Gasteiger partial charge in [-0.3, -0.25) is 4.79 Å². The molecule has 0 radical (unpaired) electrons. The zero-order chi connectivity index (χ0) is 15.5. The maximum absolute atomic E-state index is 11.9. The Kier molecular flexibility index (Phi) is 4.42. The quantitative estimate of drug-likeness (QED) is 0.779. The third-order valence-electron chi connectivity index (χ3n) is 3.31. The highest BCUT2D eigenvalue weighted by Crippen LogP contribution is 2.23. The average Bonchev–Trinajstić information content (AvgIpc) is 2.37. The van der Waals surface area contributed by atoms with Gasteiger partial charge in [0.05, 0.1) is 17.5 Å². The molecule has 21 heavy (non-hydrogen) atoms. The maximum Gasteiger partial charge on any atom is 0.319 e. The molecule has 0 saturated carbocycles. The normalized spacial score (nSPS) is 20.6. The van der Waals surface area contributed by atoms with E-state index in [-0.39, 0.29) is 23.4 Å². The van der Waals surface area contributed by atoms with Gasteiger partial charge in [0.15, 0.2) is 0 Å². The monoisotopic (exact) mass is 292 g/mol. The zero-order valence-corrected chi connectivity index (χ0v) is 12.2. The standard InChI is InChI=1S/C14H20N4O3/c1-14(2)7-9(5-6-21-14)17-13(20)18-10-3-4-11(12(15)19)16-8-10/h3-4,8-9H,5-7H2,1-2H3,(H2,15,19)(H2,17,18,20). The number of hydrogen-bond acceptors (Lipinski definition) is 4. The number of rotatable bonds is 3. The number of carbonyl (C=O) groups is 2. The molecule has 7 nitrogen and oxygen atoms in total. The van der Waals surface area contributed by atoms with Crippen LogP contribution in [0.2, 0.25) is 0 Å². The fourth-order valence-corrected chi connectivity index (χ4v) is 2.32. The van der Waals surface area contributed by atoms with Gasteiger partial charge in [-0.25, -0.2) is 9.78 Å². The molecule has 1 atom stereocenters. The summed E-state index contributed by atoms with van der Waals surface area (Å²) in [7, 11) is 0. The third-order valence-corrected chi connectivity index (χ3v) is 3.31. The number of amides is 3. The molecule has 1 saturated heterocycles. The summed E-state index contributed by atoms with van der Waals surface area (Å²) in [5.74, 6) is -0.601. The number of aromatic nitrogens is 1. The molecule has 0 aromatic carbocycles. The van der Waals surface area contributed by atoms with Crippen molar-refractivity contribution in [1.82, 2.24) is 10.3 Å². The Morgan fingerprint density at radius 1 is 1.43 bits per heavy atom. The first-order chi connectivity index (χ1) is 9.85. The van der Waals surface area contributed by atoms with Crippen LogP contribution in [0.1, 0.15) is 37.2 Å². The molecule has 1 unspecified atom stereocenters. The Hall–Kier alpha value is -2.15. The van der Waals surface area contributed by atoms with Gasteiger partial charge in [0.25, 0.3) is 5.91 Å². The minimum absolute atomic E-state index is 0.0756. The molecule has 1 aliphatic rings. The minimum Gasteiger partial charge on any atom is -0.375 e. The lowest BCUT2D eigenvalue weighted by atomic mass is 9.94. The number of urea groups is 1. The lowest BCUT2D eigenvalue weighted by Crippen LogP contribution is -2.47. The highest BCUT2D eigenvalue weighted by molar-refractivity contribution is 5.92. The molecule has 0 aliphatic carbocycles. The van der Waals surface area contributed by atoms with Crippen molar-refractivity contribution >= 4 is 17.6 Å². The van der Waals surface area contributed by atoms with Crippen LogP contribution in [-0.4, -0.2) is 35.2 Å². The SMILES string of the molecule is CC1(C)CC(NC(=O)Nc2ccc(C(N)=O)nc2)CCO1. The zero-order valence-electron chi connectivity index (χ0n) is 12.2. The third kappa shape index (κ3) is 4.42. The summed E-state index contributed by atoms with van der Waals surface area (Å²) in [4.78, 5) is 26.7. The molecule has 114 valence electrons. The number of anilines is 1. The van der Waals surface area contributed by atoms with Gasteiger partial charge in [-0.05, 0) is 38.8 Å². The molecule has 0 spiro atoms. The molecule has 7 heteroatoms. The van der Waals surface area contributed by atoms with E-state index in [1.54, 1.807) is 6.07 Å². The molecule has 1 aromatic heterocycles. The number of carbonyl (C=O) groups excluding carboxylic acids is 2. The van der Waals surface area contributed by atoms with Crippen LogP contribution in [0, 0.1) is 0 Å². The van der Waals surface area contributed by atoms with Crippen molar-refractivity contribution in [2.45, 2.75) is 38.3 Å². The van der Waals surface area contributed by atoms with Gasteiger partial charge >= 0.3 is 6.03 Å². The molecule has 3 amide bonds. The first-order valence-electron chi connectivity index (χ1n) is 6.83. The van der Waals surface area contributed by atoms with Crippen LogP contribution < -0.4 is 16.4 Å². The highest BCUT2D eigenvalue weighted by Gasteiger charge is 2.29. The van der Waals surface area contributed by atoms with Crippen LogP contribution in [0.25, 0.3) is 0 Å². The predicted octanol–water partition coefficient (Wildman–Crippen LogP) is 1.26. The van der Waals surface area contributed by atoms with Gasteiger partial charge in [-0.1, -0.05) is 0 Å². The number of nitrogens with one attached hydrogen (secondary N) is 2. The fraction of sp³-hybridized carbons (Fsp3) is 0.500. The molecule has 2 heterocycles. The second-order valence-electron chi connectivity index (χ2n) is 5.69. The molecule has 1 aromatic rings. The molecule has 0 bridgehead atoms. The topological polar surface area (TPSA) is 106 Å². The minimum atomic E-state index is -0.601. The van der Waals surface area contributed by atoms with E-state index in [4.69, 9.17) is 10.5 Å². The highest BCUT2D eigenvalue weighted by atomic mass is 16.5. The van der Waals surface area contributed by atoms with Crippen LogP contribution in [0.4, 0.5) is 10.5 Å². The second kappa shape index (κ2) is 6.09. The molecular weight excluding hydrogens is 272 g/mol. The molecule has 2 rings (SSSR count). The van der Waals surface area contributed by atoms with Crippen LogP contribution in [0.15, 0.2) is 18.3 Å². The van der Waals surface area contributed by atoms with Crippen molar-refractivity contribution in [3.05, 3.63) is 24.0 Å². The fourth-order valence-electron chi connectivity index (χ4n) is 2.32. The Morgan fingerprint density at radius 2 is 2.19 bits per heavy atom. The summed E-state index contributed by atoms with van der Waals surface area (Å²) in [6.07, 6.45) is 2.95. The van der Waals surface area contributed by atoms with Crippen LogP contribution in [0.5, 0.6) is 0 Å². The van der Waals surface area contributed by atoms with Crippen molar-refractivity contribution in [3.63, 3.8) is 0 Å². The Balaban J connectivity index is 1.88. The number of nitrogens with zero attached hydrogens (tertiary/aromatic N) is 1. The van der Waals surface area contributed by atoms with E-state index in [0.29, 0.717) is 12.3 Å². The van der Waals surface area contributed by atoms with E-state index in [0.717, 1.165) is 12.8 Å². The van der Waals surface area contributed by atoms with Gasteiger partial charge < -0.3 is 21.1 Å². The Bertz CT molecular complexity index is 528. The van der Waals surface area contributed by atoms with Crippen molar-refractivity contribution < 1.29 is 14.3 Å². The van der Waals surface area contributed by atoms with Crippen LogP contribution in [-0.2, 0) is 4.74 Å². The summed E-state index contributed by atoms with van der Waals surface area (Å²) < 4.78 is 5.61. The van der Waals surface area contributed by atoms with Crippen LogP contribution >= 0.6 is 0 Å². The smallest absolute Gasteiger partial charge is 0.319 e. The Labute approximate surface area is 123 Å². The van der Waals surface area contributed by atoms with Crippen LogP contribution in [0.3, 0.4) is 0 Å². The lowest BCUT2D eigenvalue weighted by Gasteiger charge is -2.35. The van der Waals surface area contributed by atoms with Gasteiger partial charge in [0.2, 0.25) is 0 Å². The van der Waals surface area contributed by atoms with Gasteiger partial charge in [-0.2, -0.15) is 0 Å². The van der Waals surface area contributed by atoms with E-state index < -0.39 is 5.91 Å². The van der Waals surface area contributed by atoms with Crippen molar-refractivity contribution in [3.8, 4) is 0 Å². The Morgan fingerprint density at radius 3 is 2.76 bits per heavy atom. The first kappa shape index (κ1) is 15.2. The number of pyridine rings is 1. The molecule has 4 N–H and O–H groups in total. The number of nitrogens with two attached hydrogens (primary N) is 1. The number of hydrogen-bond donors (Lipinski definition) is 3. The van der Waals surface area contributed by atoms with Crippen molar-refractivity contribution in [2.24, 2.45) is 5.73 Å². The summed E-state index contributed by atoms with van der Waals surface area (Å²) in [6, 6.07) is 2.83. The van der Waals surface area contributed by atoms with Crippen molar-refractivity contribution in [1.29, 1.82) is 0 Å². The van der Waals surface area contributed by atoms with E-state index in [1.165, 1.54) is 12.3 Å². The average molecular weight is 292 g/mol. The summed E-state index contributed by atoms with van der Waals surface area (Å²) >= 11 is 0. The predicted molar refractivity (Wildman–Crippen MR) is 78.0 cm³/mol. The second-order valence-corrected chi connectivity index (χ2v) is 5.69. The molecular formula is C14H20N4O3. The van der Waals surface area contributed by atoms with E-state index in [9.17, 15) is 9.59 Å². The van der Waals surface area contributed by atoms with Crippen molar-refractivity contribution in [2.75, 3.05) is 11.9 Å². The number of ether oxygens (including phenoxy) is 1. The summed E-state index contributed by atoms with van der Waals surface area (Å²) in [6.45, 7) is 4.64. The first-order valence-corrected chi connectivity index (χ1v) is 6.83. The van der Waals surface area contributed by atoms with Gasteiger partial charge in [0.1, 0.15) is 5.69 Å². The maximum atomic E-state index is 11.9. The summed E-state index contributed by atoms with van der Waals surface area (Å²) in [5.41, 5.74) is 5.54. The lowest BCUT2D eigenvalue weighted by molar-refractivity contribution is -0.0609. The van der Waals surface area contributed by atoms with E-state index in [1.807, 2.05) is 13.8 Å². The molecule has 1 aliphatic heterocycles. The summed E-state index contributed by atoms with van der Waals surface area (Å²) in [5, 5.41) is 5.59. The van der Waals surface area contributed by atoms with Gasteiger partial charge in [0, 0.05) is 12.6 Å². The number of primary amides is 1. The van der Waals surface area contributed by atoms with E-state index in [2.05, 4.69) is 15.6 Å². The van der Waals surface area contributed by atoms with Gasteiger partial charge in [-0.15, -0.1) is 0 Å². The largest absolute Gasteiger partial charge is 0.375 e.